The van der Waals surface area contributed by atoms with Gasteiger partial charge in [0.05, 0.1) is 6.10 Å². The molecular formula is C13H21NO2. The van der Waals surface area contributed by atoms with Crippen molar-refractivity contribution in [3.8, 4) is 5.75 Å². The van der Waals surface area contributed by atoms with Crippen molar-refractivity contribution in [3.63, 3.8) is 0 Å². The Morgan fingerprint density at radius 2 is 2.12 bits per heavy atom. The maximum absolute atomic E-state index is 5.52. The second-order valence-corrected chi connectivity index (χ2v) is 3.99. The van der Waals surface area contributed by atoms with Crippen LogP contribution in [0.4, 0.5) is 0 Å². The predicted molar refractivity (Wildman–Crippen MR) is 65.9 cm³/mol. The standard InChI is InChI=1S/C13H21NO2/c1-10-8-12(9-11(2)15-3)4-5-13(10)16-7-6-14/h4-5,8,11H,6-7,9,14H2,1-3H3. The summed E-state index contributed by atoms with van der Waals surface area (Å²) in [6.45, 7) is 5.22. The first kappa shape index (κ1) is 13.0. The maximum atomic E-state index is 5.52. The molecular weight excluding hydrogens is 202 g/mol. The minimum absolute atomic E-state index is 0.246. The van der Waals surface area contributed by atoms with Crippen LogP contribution in [0.25, 0.3) is 0 Å². The van der Waals surface area contributed by atoms with Crippen LogP contribution in [0.3, 0.4) is 0 Å². The summed E-state index contributed by atoms with van der Waals surface area (Å²) < 4.78 is 10.8. The Kier molecular flexibility index (Phi) is 5.29. The fraction of sp³-hybridized carbons (Fsp3) is 0.538. The van der Waals surface area contributed by atoms with Crippen LogP contribution in [-0.2, 0) is 11.2 Å². The molecule has 0 spiro atoms. The molecule has 0 heterocycles. The molecule has 1 rings (SSSR count). The van der Waals surface area contributed by atoms with Crippen LogP contribution in [0.15, 0.2) is 18.2 Å². The van der Waals surface area contributed by atoms with Crippen molar-refractivity contribution >= 4 is 0 Å². The Bertz CT molecular complexity index is 326. The lowest BCUT2D eigenvalue weighted by atomic mass is 10.1. The highest BCUT2D eigenvalue weighted by Gasteiger charge is 2.04. The topological polar surface area (TPSA) is 44.5 Å². The SMILES string of the molecule is COC(C)Cc1ccc(OCCN)c(C)c1. The zero-order chi connectivity index (χ0) is 12.0. The van der Waals surface area contributed by atoms with E-state index in [-0.39, 0.29) is 6.10 Å². The highest BCUT2D eigenvalue weighted by Crippen LogP contribution is 2.20. The highest BCUT2D eigenvalue weighted by atomic mass is 16.5. The largest absolute Gasteiger partial charge is 0.492 e. The molecule has 0 aromatic heterocycles. The normalized spacial score (nSPS) is 12.5. The molecule has 0 aliphatic heterocycles. The van der Waals surface area contributed by atoms with Gasteiger partial charge in [-0.25, -0.2) is 0 Å². The van der Waals surface area contributed by atoms with E-state index in [0.717, 1.165) is 17.7 Å². The number of nitrogens with two attached hydrogens (primary N) is 1. The van der Waals surface area contributed by atoms with Crippen molar-refractivity contribution in [1.82, 2.24) is 0 Å². The van der Waals surface area contributed by atoms with Gasteiger partial charge in [0.2, 0.25) is 0 Å². The second-order valence-electron chi connectivity index (χ2n) is 3.99. The number of ether oxygens (including phenoxy) is 2. The summed E-state index contributed by atoms with van der Waals surface area (Å²) in [7, 11) is 1.73. The van der Waals surface area contributed by atoms with Gasteiger partial charge in [-0.3, -0.25) is 0 Å². The van der Waals surface area contributed by atoms with E-state index in [4.69, 9.17) is 15.2 Å². The predicted octanol–water partition coefficient (Wildman–Crippen LogP) is 1.91. The first-order valence-corrected chi connectivity index (χ1v) is 5.62. The quantitative estimate of drug-likeness (QED) is 0.801. The fourth-order valence-corrected chi connectivity index (χ4v) is 1.58. The third-order valence-corrected chi connectivity index (χ3v) is 2.54. The average Bonchev–Trinajstić information content (AvgIpc) is 2.28. The van der Waals surface area contributed by atoms with Crippen LogP contribution < -0.4 is 10.5 Å². The molecule has 0 radical (unpaired) electrons. The van der Waals surface area contributed by atoms with Crippen molar-refractivity contribution < 1.29 is 9.47 Å². The van der Waals surface area contributed by atoms with E-state index in [9.17, 15) is 0 Å². The maximum Gasteiger partial charge on any atom is 0.122 e. The number of hydrogen-bond acceptors (Lipinski definition) is 3. The van der Waals surface area contributed by atoms with Crippen LogP contribution in [0.1, 0.15) is 18.1 Å². The van der Waals surface area contributed by atoms with Crippen LogP contribution in [0.5, 0.6) is 5.75 Å². The van der Waals surface area contributed by atoms with Gasteiger partial charge in [-0.15, -0.1) is 0 Å². The van der Waals surface area contributed by atoms with Gasteiger partial charge < -0.3 is 15.2 Å². The van der Waals surface area contributed by atoms with Crippen LogP contribution >= 0.6 is 0 Å². The summed E-state index contributed by atoms with van der Waals surface area (Å²) in [6, 6.07) is 6.22. The zero-order valence-corrected chi connectivity index (χ0v) is 10.3. The molecule has 3 heteroatoms. The highest BCUT2D eigenvalue weighted by molar-refractivity contribution is 5.36. The third-order valence-electron chi connectivity index (χ3n) is 2.54. The van der Waals surface area contributed by atoms with Gasteiger partial charge in [-0.05, 0) is 37.5 Å². The molecule has 0 amide bonds. The second kappa shape index (κ2) is 6.51. The molecule has 1 atom stereocenters. The summed E-state index contributed by atoms with van der Waals surface area (Å²) in [6.07, 6.45) is 1.17. The van der Waals surface area contributed by atoms with Crippen molar-refractivity contribution in [2.75, 3.05) is 20.3 Å². The Balaban J connectivity index is 2.66. The molecule has 0 aliphatic carbocycles. The molecule has 0 saturated carbocycles. The number of methoxy groups -OCH3 is 1. The molecule has 2 N–H and O–H groups in total. The molecule has 0 saturated heterocycles. The van der Waals surface area contributed by atoms with Crippen molar-refractivity contribution in [2.45, 2.75) is 26.4 Å². The monoisotopic (exact) mass is 223 g/mol. The Morgan fingerprint density at radius 1 is 1.38 bits per heavy atom. The minimum Gasteiger partial charge on any atom is -0.492 e. The molecule has 3 nitrogen and oxygen atoms in total. The zero-order valence-electron chi connectivity index (χ0n) is 10.3. The Morgan fingerprint density at radius 3 is 2.69 bits per heavy atom. The average molecular weight is 223 g/mol. The van der Waals surface area contributed by atoms with Gasteiger partial charge in [-0.2, -0.15) is 0 Å². The minimum atomic E-state index is 0.246. The van der Waals surface area contributed by atoms with E-state index in [2.05, 4.69) is 19.1 Å². The van der Waals surface area contributed by atoms with Gasteiger partial charge >= 0.3 is 0 Å². The lowest BCUT2D eigenvalue weighted by Gasteiger charge is -2.12. The molecule has 0 fully saturated rings. The molecule has 1 unspecified atom stereocenters. The van der Waals surface area contributed by atoms with Gasteiger partial charge in [0.15, 0.2) is 0 Å². The van der Waals surface area contributed by atoms with Gasteiger partial charge in [0, 0.05) is 13.7 Å². The summed E-state index contributed by atoms with van der Waals surface area (Å²) in [5, 5.41) is 0. The van der Waals surface area contributed by atoms with Crippen molar-refractivity contribution in [2.24, 2.45) is 5.73 Å². The number of aryl methyl sites for hydroxylation is 1. The first-order valence-electron chi connectivity index (χ1n) is 5.62. The summed E-state index contributed by atoms with van der Waals surface area (Å²) in [5.41, 5.74) is 7.82. The molecule has 0 aliphatic rings. The molecule has 90 valence electrons. The first-order chi connectivity index (χ1) is 7.67. The van der Waals surface area contributed by atoms with E-state index < -0.39 is 0 Å². The van der Waals surface area contributed by atoms with E-state index in [1.165, 1.54) is 5.56 Å². The van der Waals surface area contributed by atoms with E-state index in [0.29, 0.717) is 13.2 Å². The van der Waals surface area contributed by atoms with Crippen LogP contribution in [0, 0.1) is 6.92 Å². The van der Waals surface area contributed by atoms with Crippen molar-refractivity contribution in [3.05, 3.63) is 29.3 Å². The summed E-state index contributed by atoms with van der Waals surface area (Å²) >= 11 is 0. The number of benzene rings is 1. The number of hydrogen-bond donors (Lipinski definition) is 1. The van der Waals surface area contributed by atoms with Gasteiger partial charge in [0.25, 0.3) is 0 Å². The lowest BCUT2D eigenvalue weighted by molar-refractivity contribution is 0.119. The molecule has 0 bridgehead atoms. The van der Waals surface area contributed by atoms with E-state index in [1.807, 2.05) is 13.0 Å². The van der Waals surface area contributed by atoms with Gasteiger partial charge in [-0.1, -0.05) is 12.1 Å². The number of rotatable bonds is 6. The van der Waals surface area contributed by atoms with E-state index in [1.54, 1.807) is 7.11 Å². The van der Waals surface area contributed by atoms with Crippen molar-refractivity contribution in [1.29, 1.82) is 0 Å². The Hall–Kier alpha value is -1.06. The van der Waals surface area contributed by atoms with E-state index >= 15 is 0 Å². The van der Waals surface area contributed by atoms with Crippen LogP contribution in [-0.4, -0.2) is 26.4 Å². The van der Waals surface area contributed by atoms with Crippen LogP contribution in [0.2, 0.25) is 0 Å². The lowest BCUT2D eigenvalue weighted by Crippen LogP contribution is -2.11. The molecule has 1 aromatic rings. The smallest absolute Gasteiger partial charge is 0.122 e. The summed E-state index contributed by atoms with van der Waals surface area (Å²) in [5.74, 6) is 0.916. The third kappa shape index (κ3) is 3.83. The Labute approximate surface area is 97.6 Å². The molecule has 16 heavy (non-hydrogen) atoms. The molecule has 1 aromatic carbocycles. The summed E-state index contributed by atoms with van der Waals surface area (Å²) in [4.78, 5) is 0. The fourth-order valence-electron chi connectivity index (χ4n) is 1.58. The van der Waals surface area contributed by atoms with Gasteiger partial charge in [0.1, 0.15) is 12.4 Å².